The first kappa shape index (κ1) is 11.0. The minimum absolute atomic E-state index is 0.429. The molecule has 1 unspecified atom stereocenters. The third-order valence-corrected chi connectivity index (χ3v) is 3.51. The lowest BCUT2D eigenvalue weighted by Crippen LogP contribution is -2.39. The highest BCUT2D eigenvalue weighted by Gasteiger charge is 2.39. The third kappa shape index (κ3) is 2.23. The average molecular weight is 185 g/mol. The van der Waals surface area contributed by atoms with Crippen molar-refractivity contribution in [3.8, 4) is 0 Å². The van der Waals surface area contributed by atoms with Gasteiger partial charge in [0, 0.05) is 18.6 Å². The van der Waals surface area contributed by atoms with Crippen molar-refractivity contribution in [2.24, 2.45) is 11.3 Å². The van der Waals surface area contributed by atoms with E-state index < -0.39 is 0 Å². The summed E-state index contributed by atoms with van der Waals surface area (Å²) in [6.45, 7) is 7.62. The maximum atomic E-state index is 5.56. The lowest BCUT2D eigenvalue weighted by atomic mass is 9.72. The van der Waals surface area contributed by atoms with Crippen molar-refractivity contribution in [3.63, 3.8) is 0 Å². The molecule has 0 radical (unpaired) electrons. The zero-order chi connectivity index (χ0) is 9.73. The highest BCUT2D eigenvalue weighted by atomic mass is 16.5. The second-order valence-corrected chi connectivity index (χ2v) is 4.21. The van der Waals surface area contributed by atoms with Crippen LogP contribution in [0.1, 0.15) is 33.1 Å². The Morgan fingerprint density at radius 1 is 1.38 bits per heavy atom. The molecule has 0 bridgehead atoms. The second kappa shape index (κ2) is 4.97. The average Bonchev–Trinajstić information content (AvgIpc) is 2.57. The van der Waals surface area contributed by atoms with Crippen molar-refractivity contribution in [2.75, 3.05) is 26.8 Å². The summed E-state index contributed by atoms with van der Waals surface area (Å²) < 4.78 is 5.56. The molecule has 2 nitrogen and oxygen atoms in total. The van der Waals surface area contributed by atoms with Crippen LogP contribution in [0.3, 0.4) is 0 Å². The van der Waals surface area contributed by atoms with Crippen molar-refractivity contribution < 1.29 is 4.74 Å². The van der Waals surface area contributed by atoms with Crippen molar-refractivity contribution in [1.29, 1.82) is 0 Å². The van der Waals surface area contributed by atoms with E-state index in [0.717, 1.165) is 25.7 Å². The van der Waals surface area contributed by atoms with E-state index in [1.807, 2.05) is 7.05 Å². The molecule has 13 heavy (non-hydrogen) atoms. The Morgan fingerprint density at radius 3 is 2.46 bits per heavy atom. The molecule has 1 rings (SSSR count). The molecule has 1 atom stereocenters. The van der Waals surface area contributed by atoms with Gasteiger partial charge in [-0.2, -0.15) is 0 Å². The zero-order valence-corrected chi connectivity index (χ0v) is 9.23. The molecule has 0 spiro atoms. The zero-order valence-electron chi connectivity index (χ0n) is 9.23. The molecule has 1 fully saturated rings. The Bertz CT molecular complexity index is 137. The SMILES string of the molecule is CCC(CC)C1(CNC)CCOC1. The van der Waals surface area contributed by atoms with Crippen LogP contribution in [0.2, 0.25) is 0 Å². The van der Waals surface area contributed by atoms with Gasteiger partial charge in [0.05, 0.1) is 6.61 Å². The smallest absolute Gasteiger partial charge is 0.0538 e. The summed E-state index contributed by atoms with van der Waals surface area (Å²) in [4.78, 5) is 0. The first-order valence-electron chi connectivity index (χ1n) is 5.51. The lowest BCUT2D eigenvalue weighted by Gasteiger charge is -2.35. The van der Waals surface area contributed by atoms with Crippen LogP contribution in [0, 0.1) is 11.3 Å². The fraction of sp³-hybridized carbons (Fsp3) is 1.00. The van der Waals surface area contributed by atoms with E-state index in [9.17, 15) is 0 Å². The van der Waals surface area contributed by atoms with Gasteiger partial charge in [-0.3, -0.25) is 0 Å². The monoisotopic (exact) mass is 185 g/mol. The van der Waals surface area contributed by atoms with Gasteiger partial charge in [-0.15, -0.1) is 0 Å². The van der Waals surface area contributed by atoms with Crippen LogP contribution < -0.4 is 5.32 Å². The minimum Gasteiger partial charge on any atom is -0.381 e. The molecular weight excluding hydrogens is 162 g/mol. The summed E-state index contributed by atoms with van der Waals surface area (Å²) in [5, 5.41) is 3.32. The van der Waals surface area contributed by atoms with Crippen molar-refractivity contribution in [2.45, 2.75) is 33.1 Å². The fourth-order valence-corrected chi connectivity index (χ4v) is 2.74. The summed E-state index contributed by atoms with van der Waals surface area (Å²) in [5.41, 5.74) is 0.429. The summed E-state index contributed by atoms with van der Waals surface area (Å²) in [6, 6.07) is 0. The van der Waals surface area contributed by atoms with E-state index in [4.69, 9.17) is 4.74 Å². The number of rotatable bonds is 5. The highest BCUT2D eigenvalue weighted by Crippen LogP contribution is 2.39. The summed E-state index contributed by atoms with van der Waals surface area (Å²) >= 11 is 0. The van der Waals surface area contributed by atoms with E-state index >= 15 is 0 Å². The minimum atomic E-state index is 0.429. The van der Waals surface area contributed by atoms with Gasteiger partial charge in [0.15, 0.2) is 0 Å². The van der Waals surface area contributed by atoms with Gasteiger partial charge in [-0.05, 0) is 19.4 Å². The largest absolute Gasteiger partial charge is 0.381 e. The molecule has 78 valence electrons. The Kier molecular flexibility index (Phi) is 4.20. The Morgan fingerprint density at radius 2 is 2.08 bits per heavy atom. The maximum Gasteiger partial charge on any atom is 0.0538 e. The van der Waals surface area contributed by atoms with Gasteiger partial charge >= 0.3 is 0 Å². The number of nitrogens with one attached hydrogen (secondary N) is 1. The Balaban J connectivity index is 2.63. The Hall–Kier alpha value is -0.0800. The van der Waals surface area contributed by atoms with E-state index in [1.54, 1.807) is 0 Å². The van der Waals surface area contributed by atoms with Crippen LogP contribution in [-0.4, -0.2) is 26.8 Å². The standard InChI is InChI=1S/C11H23NO/c1-4-10(5-2)11(8-12-3)6-7-13-9-11/h10,12H,4-9H2,1-3H3. The van der Waals surface area contributed by atoms with Gasteiger partial charge in [0.25, 0.3) is 0 Å². The van der Waals surface area contributed by atoms with Crippen LogP contribution in [0.4, 0.5) is 0 Å². The maximum absolute atomic E-state index is 5.56. The molecule has 0 aliphatic carbocycles. The van der Waals surface area contributed by atoms with Gasteiger partial charge in [-0.1, -0.05) is 26.7 Å². The van der Waals surface area contributed by atoms with Gasteiger partial charge in [0.2, 0.25) is 0 Å². The molecule has 1 saturated heterocycles. The number of hydrogen-bond donors (Lipinski definition) is 1. The molecule has 0 amide bonds. The predicted molar refractivity (Wildman–Crippen MR) is 55.9 cm³/mol. The molecule has 0 aromatic heterocycles. The summed E-state index contributed by atoms with van der Waals surface area (Å²) in [7, 11) is 2.04. The van der Waals surface area contributed by atoms with E-state index in [-0.39, 0.29) is 0 Å². The van der Waals surface area contributed by atoms with Crippen LogP contribution in [0.15, 0.2) is 0 Å². The Labute approximate surface area is 82.0 Å². The van der Waals surface area contributed by atoms with E-state index in [2.05, 4.69) is 19.2 Å². The first-order chi connectivity index (χ1) is 6.29. The van der Waals surface area contributed by atoms with Crippen molar-refractivity contribution in [3.05, 3.63) is 0 Å². The molecule has 2 heteroatoms. The van der Waals surface area contributed by atoms with Gasteiger partial charge in [0.1, 0.15) is 0 Å². The van der Waals surface area contributed by atoms with Gasteiger partial charge in [-0.25, -0.2) is 0 Å². The van der Waals surface area contributed by atoms with Crippen LogP contribution >= 0.6 is 0 Å². The highest BCUT2D eigenvalue weighted by molar-refractivity contribution is 4.90. The van der Waals surface area contributed by atoms with E-state index in [1.165, 1.54) is 19.3 Å². The third-order valence-electron chi connectivity index (χ3n) is 3.51. The normalized spacial score (nSPS) is 28.6. The molecule has 1 N–H and O–H groups in total. The quantitative estimate of drug-likeness (QED) is 0.708. The summed E-state index contributed by atoms with van der Waals surface area (Å²) in [6.07, 6.45) is 3.79. The van der Waals surface area contributed by atoms with Crippen LogP contribution in [0.5, 0.6) is 0 Å². The number of hydrogen-bond acceptors (Lipinski definition) is 2. The van der Waals surface area contributed by atoms with Crippen LogP contribution in [-0.2, 0) is 4.74 Å². The fourth-order valence-electron chi connectivity index (χ4n) is 2.74. The molecule has 1 aliphatic heterocycles. The molecule has 1 aliphatic rings. The molecule has 0 saturated carbocycles. The second-order valence-electron chi connectivity index (χ2n) is 4.21. The summed E-state index contributed by atoms with van der Waals surface area (Å²) in [5.74, 6) is 0.822. The van der Waals surface area contributed by atoms with Crippen molar-refractivity contribution >= 4 is 0 Å². The molecular formula is C11H23NO. The molecule has 0 aromatic rings. The van der Waals surface area contributed by atoms with Crippen LogP contribution in [0.25, 0.3) is 0 Å². The van der Waals surface area contributed by atoms with E-state index in [0.29, 0.717) is 5.41 Å². The molecule has 0 aromatic carbocycles. The van der Waals surface area contributed by atoms with Crippen molar-refractivity contribution in [1.82, 2.24) is 5.32 Å². The lowest BCUT2D eigenvalue weighted by molar-refractivity contribution is 0.100. The topological polar surface area (TPSA) is 21.3 Å². The number of ether oxygens (including phenoxy) is 1. The predicted octanol–water partition coefficient (Wildman–Crippen LogP) is 2.05. The molecule has 1 heterocycles. The first-order valence-corrected chi connectivity index (χ1v) is 5.51. The van der Waals surface area contributed by atoms with Gasteiger partial charge < -0.3 is 10.1 Å².